The van der Waals surface area contributed by atoms with Crippen LogP contribution in [0.5, 0.6) is 5.75 Å². The maximum atomic E-state index is 12.6. The molecule has 0 fully saturated rings. The van der Waals surface area contributed by atoms with Crippen molar-refractivity contribution in [3.05, 3.63) is 60.2 Å². The van der Waals surface area contributed by atoms with Crippen molar-refractivity contribution in [1.29, 1.82) is 0 Å². The van der Waals surface area contributed by atoms with Crippen LogP contribution in [0, 0.1) is 0 Å². The molecule has 0 saturated carbocycles. The number of hydrogen-bond donors (Lipinski definition) is 2. The molecular weight excluding hydrogens is 316 g/mol. The van der Waals surface area contributed by atoms with Gasteiger partial charge in [0, 0.05) is 18.3 Å². The van der Waals surface area contributed by atoms with E-state index in [0.29, 0.717) is 18.0 Å². The first-order valence-corrected chi connectivity index (χ1v) is 8.36. The van der Waals surface area contributed by atoms with Crippen LogP contribution in [0.3, 0.4) is 0 Å². The van der Waals surface area contributed by atoms with E-state index in [1.165, 1.54) is 0 Å². The van der Waals surface area contributed by atoms with Gasteiger partial charge in [0.05, 0.1) is 5.41 Å². The molecule has 5 heteroatoms. The van der Waals surface area contributed by atoms with E-state index in [9.17, 15) is 9.59 Å². The summed E-state index contributed by atoms with van der Waals surface area (Å²) in [5.74, 6) is 0.0357. The summed E-state index contributed by atoms with van der Waals surface area (Å²) in [5.41, 5.74) is 0.674. The van der Waals surface area contributed by atoms with Gasteiger partial charge in [-0.1, -0.05) is 43.3 Å². The van der Waals surface area contributed by atoms with Crippen molar-refractivity contribution >= 4 is 17.7 Å². The average molecular weight is 340 g/mol. The first-order valence-electron chi connectivity index (χ1n) is 8.36. The highest BCUT2D eigenvalue weighted by molar-refractivity contribution is 5.89. The zero-order chi connectivity index (χ0) is 18.3. The summed E-state index contributed by atoms with van der Waals surface area (Å²) in [7, 11) is 0. The molecule has 0 atom stereocenters. The molecule has 0 bridgehead atoms. The van der Waals surface area contributed by atoms with Crippen LogP contribution in [0.1, 0.15) is 32.8 Å². The molecule has 2 amide bonds. The van der Waals surface area contributed by atoms with Crippen molar-refractivity contribution in [2.45, 2.75) is 32.6 Å². The van der Waals surface area contributed by atoms with Crippen LogP contribution in [0.25, 0.3) is 0 Å². The summed E-state index contributed by atoms with van der Waals surface area (Å²) >= 11 is 0. The molecule has 132 valence electrons. The van der Waals surface area contributed by atoms with Crippen molar-refractivity contribution in [2.75, 3.05) is 11.9 Å². The number of anilines is 1. The monoisotopic (exact) mass is 340 g/mol. The van der Waals surface area contributed by atoms with Crippen LogP contribution < -0.4 is 15.4 Å². The molecular formula is C20H24N2O3. The summed E-state index contributed by atoms with van der Waals surface area (Å²) in [6, 6.07) is 16.0. The number of ether oxygens (including phenoxy) is 1. The third-order valence-corrected chi connectivity index (χ3v) is 3.84. The van der Waals surface area contributed by atoms with Gasteiger partial charge in [0.1, 0.15) is 5.75 Å². The van der Waals surface area contributed by atoms with E-state index < -0.39 is 5.41 Å². The van der Waals surface area contributed by atoms with Gasteiger partial charge >= 0.3 is 12.0 Å². The lowest BCUT2D eigenvalue weighted by Gasteiger charge is -2.23. The molecule has 0 radical (unpaired) electrons. The Morgan fingerprint density at radius 3 is 2.44 bits per heavy atom. The first-order chi connectivity index (χ1) is 11.9. The highest BCUT2D eigenvalue weighted by Crippen LogP contribution is 2.26. The van der Waals surface area contributed by atoms with E-state index in [4.69, 9.17) is 4.74 Å². The van der Waals surface area contributed by atoms with Crippen molar-refractivity contribution < 1.29 is 14.3 Å². The minimum Gasteiger partial charge on any atom is -0.426 e. The quantitative estimate of drug-likeness (QED) is 0.614. The summed E-state index contributed by atoms with van der Waals surface area (Å²) in [5, 5.41) is 5.45. The first kappa shape index (κ1) is 18.5. The second-order valence-electron chi connectivity index (χ2n) is 6.29. The summed E-state index contributed by atoms with van der Waals surface area (Å²) in [4.78, 5) is 24.3. The fourth-order valence-electron chi connectivity index (χ4n) is 2.26. The Morgan fingerprint density at radius 1 is 1.04 bits per heavy atom. The van der Waals surface area contributed by atoms with Crippen molar-refractivity contribution in [3.63, 3.8) is 0 Å². The van der Waals surface area contributed by atoms with E-state index in [0.717, 1.165) is 12.0 Å². The molecule has 0 spiro atoms. The van der Waals surface area contributed by atoms with E-state index in [2.05, 4.69) is 10.6 Å². The van der Waals surface area contributed by atoms with E-state index >= 15 is 0 Å². The van der Waals surface area contributed by atoms with E-state index in [1.54, 1.807) is 24.3 Å². The van der Waals surface area contributed by atoms with Crippen molar-refractivity contribution in [3.8, 4) is 5.75 Å². The van der Waals surface area contributed by atoms with Gasteiger partial charge in [-0.25, -0.2) is 4.79 Å². The standard InChI is InChI=1S/C20H24N2O3/c1-4-13-21-19(24)22-16-11-8-12-17(14-16)25-18(23)20(2,3)15-9-6-5-7-10-15/h5-12,14H,4,13H2,1-3H3,(H2,21,22,24). The topological polar surface area (TPSA) is 67.4 Å². The molecule has 5 nitrogen and oxygen atoms in total. The number of esters is 1. The molecule has 0 aliphatic heterocycles. The second-order valence-corrected chi connectivity index (χ2v) is 6.29. The van der Waals surface area contributed by atoms with Crippen molar-refractivity contribution in [2.24, 2.45) is 0 Å². The summed E-state index contributed by atoms with van der Waals surface area (Å²) < 4.78 is 5.53. The minimum absolute atomic E-state index is 0.282. The third-order valence-electron chi connectivity index (χ3n) is 3.84. The largest absolute Gasteiger partial charge is 0.426 e. The lowest BCUT2D eigenvalue weighted by molar-refractivity contribution is -0.139. The van der Waals surface area contributed by atoms with E-state index in [-0.39, 0.29) is 12.0 Å². The zero-order valence-corrected chi connectivity index (χ0v) is 14.8. The Kier molecular flexibility index (Phi) is 6.17. The Bertz CT molecular complexity index is 727. The maximum Gasteiger partial charge on any atom is 0.321 e. The van der Waals surface area contributed by atoms with Crippen molar-refractivity contribution in [1.82, 2.24) is 5.32 Å². The van der Waals surface area contributed by atoms with Gasteiger partial charge in [-0.15, -0.1) is 0 Å². The highest BCUT2D eigenvalue weighted by Gasteiger charge is 2.31. The van der Waals surface area contributed by atoms with Gasteiger partial charge in [0.25, 0.3) is 0 Å². The fraction of sp³-hybridized carbons (Fsp3) is 0.300. The predicted octanol–water partition coefficient (Wildman–Crippen LogP) is 4.10. The van der Waals surface area contributed by atoms with Crippen LogP contribution in [-0.4, -0.2) is 18.5 Å². The lowest BCUT2D eigenvalue weighted by Crippen LogP contribution is -2.33. The molecule has 0 aromatic heterocycles. The fourth-order valence-corrected chi connectivity index (χ4v) is 2.26. The van der Waals surface area contributed by atoms with Gasteiger partial charge in [-0.3, -0.25) is 4.79 Å². The van der Waals surface area contributed by atoms with Crippen LogP contribution in [0.2, 0.25) is 0 Å². The summed E-state index contributed by atoms with van der Waals surface area (Å²) in [6.07, 6.45) is 0.861. The molecule has 0 saturated heterocycles. The van der Waals surface area contributed by atoms with Crippen LogP contribution in [0.4, 0.5) is 10.5 Å². The SMILES string of the molecule is CCCNC(=O)Nc1cccc(OC(=O)C(C)(C)c2ccccc2)c1. The van der Waals surface area contributed by atoms with Gasteiger partial charge in [0.2, 0.25) is 0 Å². The Hall–Kier alpha value is -2.82. The molecule has 2 rings (SSSR count). The molecule has 0 unspecified atom stereocenters. The molecule has 25 heavy (non-hydrogen) atoms. The Morgan fingerprint density at radius 2 is 1.76 bits per heavy atom. The molecule has 2 aromatic rings. The number of benzene rings is 2. The molecule has 0 aliphatic carbocycles. The smallest absolute Gasteiger partial charge is 0.321 e. The molecule has 0 aliphatic rings. The number of rotatable bonds is 6. The third kappa shape index (κ3) is 5.08. The highest BCUT2D eigenvalue weighted by atomic mass is 16.5. The Labute approximate surface area is 148 Å². The molecule has 0 heterocycles. The number of carbonyl (C=O) groups excluding carboxylic acids is 2. The van der Waals surface area contributed by atoms with Gasteiger partial charge in [-0.05, 0) is 38.0 Å². The number of hydrogen-bond acceptors (Lipinski definition) is 3. The van der Waals surface area contributed by atoms with Gasteiger partial charge in [-0.2, -0.15) is 0 Å². The summed E-state index contributed by atoms with van der Waals surface area (Å²) in [6.45, 7) is 6.23. The zero-order valence-electron chi connectivity index (χ0n) is 14.8. The lowest BCUT2D eigenvalue weighted by atomic mass is 9.85. The van der Waals surface area contributed by atoms with Crippen LogP contribution in [0.15, 0.2) is 54.6 Å². The number of amides is 2. The second kappa shape index (κ2) is 8.33. The Balaban J connectivity index is 2.06. The number of urea groups is 1. The number of nitrogens with one attached hydrogen (secondary N) is 2. The normalized spacial score (nSPS) is 10.8. The molecule has 2 aromatic carbocycles. The molecule has 2 N–H and O–H groups in total. The van der Waals surface area contributed by atoms with E-state index in [1.807, 2.05) is 51.1 Å². The minimum atomic E-state index is -0.775. The number of carbonyl (C=O) groups is 2. The van der Waals surface area contributed by atoms with Gasteiger partial charge in [0.15, 0.2) is 0 Å². The average Bonchev–Trinajstić information content (AvgIpc) is 2.61. The maximum absolute atomic E-state index is 12.6. The van der Waals surface area contributed by atoms with Crippen LogP contribution >= 0.6 is 0 Å². The van der Waals surface area contributed by atoms with Crippen LogP contribution in [-0.2, 0) is 10.2 Å². The predicted molar refractivity (Wildman–Crippen MR) is 98.9 cm³/mol. The van der Waals surface area contributed by atoms with Gasteiger partial charge < -0.3 is 15.4 Å².